The lowest BCUT2D eigenvalue weighted by atomic mass is 9.99. The molecule has 0 bridgehead atoms. The first-order valence-corrected chi connectivity index (χ1v) is 14.8. The Hall–Kier alpha value is -4.30. The van der Waals surface area contributed by atoms with E-state index in [1.54, 1.807) is 30.3 Å². The van der Waals surface area contributed by atoms with Crippen LogP contribution in [-0.4, -0.2) is 25.3 Å². The fourth-order valence-corrected chi connectivity index (χ4v) is 5.25. The second kappa shape index (κ2) is 12.3. The summed E-state index contributed by atoms with van der Waals surface area (Å²) in [6, 6.07) is 24.2. The Balaban J connectivity index is 1.64. The van der Waals surface area contributed by atoms with Gasteiger partial charge in [0, 0.05) is 17.7 Å². The van der Waals surface area contributed by atoms with Crippen LogP contribution in [0.15, 0.2) is 89.8 Å². The summed E-state index contributed by atoms with van der Waals surface area (Å²) in [5.74, 6) is 0.104. The summed E-state index contributed by atoms with van der Waals surface area (Å²) < 4.78 is 32.2. The number of sulfone groups is 1. The molecule has 208 valence electrons. The van der Waals surface area contributed by atoms with E-state index in [-0.39, 0.29) is 27.8 Å². The first-order chi connectivity index (χ1) is 19.1. The van der Waals surface area contributed by atoms with E-state index >= 15 is 0 Å². The van der Waals surface area contributed by atoms with Crippen LogP contribution in [0.5, 0.6) is 17.2 Å². The highest BCUT2D eigenvalue weighted by Crippen LogP contribution is 2.39. The third-order valence-corrected chi connectivity index (χ3v) is 8.25. The van der Waals surface area contributed by atoms with E-state index in [1.807, 2.05) is 56.3 Å². The van der Waals surface area contributed by atoms with E-state index in [0.717, 1.165) is 17.5 Å². The van der Waals surface area contributed by atoms with Gasteiger partial charge in [-0.25, -0.2) is 8.42 Å². The molecule has 0 fully saturated rings. The zero-order valence-corrected chi connectivity index (χ0v) is 23.9. The second-order valence-electron chi connectivity index (χ2n) is 9.92. The summed E-state index contributed by atoms with van der Waals surface area (Å²) in [7, 11) is -3.69. The number of rotatable bonds is 10. The van der Waals surface area contributed by atoms with E-state index in [1.165, 1.54) is 17.7 Å². The van der Waals surface area contributed by atoms with Crippen molar-refractivity contribution in [3.05, 3.63) is 107 Å². The normalized spacial score (nSPS) is 12.0. The Morgan fingerprint density at radius 3 is 2.25 bits per heavy atom. The van der Waals surface area contributed by atoms with Gasteiger partial charge >= 0.3 is 0 Å². The number of hydrogen-bond acceptors (Lipinski definition) is 6. The highest BCUT2D eigenvalue weighted by atomic mass is 32.2. The van der Waals surface area contributed by atoms with Crippen molar-refractivity contribution in [3.8, 4) is 17.2 Å². The van der Waals surface area contributed by atoms with Crippen LogP contribution >= 0.6 is 0 Å². The van der Waals surface area contributed by atoms with Crippen LogP contribution in [0.4, 0.5) is 11.4 Å². The molecule has 4 aromatic rings. The minimum atomic E-state index is -3.69. The van der Waals surface area contributed by atoms with Crippen LogP contribution in [0.1, 0.15) is 53.2 Å². The van der Waals surface area contributed by atoms with Crippen LogP contribution in [0.2, 0.25) is 0 Å². The van der Waals surface area contributed by atoms with Crippen LogP contribution in [0.3, 0.4) is 0 Å². The number of phenols is 1. The molecule has 7 nitrogen and oxygen atoms in total. The van der Waals surface area contributed by atoms with Crippen molar-refractivity contribution in [3.63, 3.8) is 0 Å². The van der Waals surface area contributed by atoms with Crippen molar-refractivity contribution in [1.82, 2.24) is 0 Å². The predicted molar refractivity (Wildman–Crippen MR) is 159 cm³/mol. The van der Waals surface area contributed by atoms with Crippen molar-refractivity contribution < 1.29 is 23.1 Å². The van der Waals surface area contributed by atoms with Crippen LogP contribution in [0.25, 0.3) is 0 Å². The van der Waals surface area contributed by atoms with Crippen molar-refractivity contribution >= 4 is 27.1 Å². The lowest BCUT2D eigenvalue weighted by molar-refractivity contribution is 0.102. The molecule has 4 aromatic carbocycles. The van der Waals surface area contributed by atoms with Gasteiger partial charge in [-0.1, -0.05) is 55.8 Å². The van der Waals surface area contributed by atoms with E-state index in [9.17, 15) is 18.3 Å². The zero-order chi connectivity index (χ0) is 28.9. The van der Waals surface area contributed by atoms with Gasteiger partial charge in [-0.15, -0.1) is 0 Å². The van der Waals surface area contributed by atoms with E-state index < -0.39 is 21.6 Å². The van der Waals surface area contributed by atoms with Gasteiger partial charge in [0.1, 0.15) is 17.4 Å². The summed E-state index contributed by atoms with van der Waals surface area (Å²) in [4.78, 5) is 13.0. The number of benzene rings is 4. The molecule has 8 heteroatoms. The molecular formula is C32H34N2O5S. The number of carbonyl (C=O) groups excluding carboxylic acids is 1. The number of ether oxygens (including phenoxy) is 1. The number of amides is 1. The Morgan fingerprint density at radius 1 is 0.900 bits per heavy atom. The average molecular weight is 559 g/mol. The topological polar surface area (TPSA) is 105 Å². The molecule has 3 N–H and O–H groups in total. The smallest absolute Gasteiger partial charge is 0.255 e. The fraction of sp³-hybridized carbons (Fsp3) is 0.219. The number of carbonyl (C=O) groups is 1. The molecule has 1 unspecified atom stereocenters. The number of hydrogen-bond donors (Lipinski definition) is 3. The monoisotopic (exact) mass is 558 g/mol. The van der Waals surface area contributed by atoms with Crippen LogP contribution < -0.4 is 15.4 Å². The summed E-state index contributed by atoms with van der Waals surface area (Å²) in [5.41, 5.74) is 3.84. The molecule has 0 saturated heterocycles. The lowest BCUT2D eigenvalue weighted by Gasteiger charge is -2.17. The number of aryl methyl sites for hydroxylation is 2. The molecule has 0 aliphatic heterocycles. The van der Waals surface area contributed by atoms with Crippen LogP contribution in [-0.2, 0) is 9.84 Å². The van der Waals surface area contributed by atoms with Crippen LogP contribution in [0, 0.1) is 13.8 Å². The van der Waals surface area contributed by atoms with Gasteiger partial charge in [0.05, 0.1) is 16.3 Å². The van der Waals surface area contributed by atoms with Crippen molar-refractivity contribution in [2.45, 2.75) is 44.9 Å². The number of aromatic hydroxyl groups is 1. The van der Waals surface area contributed by atoms with Gasteiger partial charge in [0.15, 0.2) is 15.6 Å². The molecule has 0 heterocycles. The second-order valence-corrected chi connectivity index (χ2v) is 11.9. The first kappa shape index (κ1) is 28.7. The quantitative estimate of drug-likeness (QED) is 0.175. The Morgan fingerprint density at radius 2 is 1.60 bits per heavy atom. The lowest BCUT2D eigenvalue weighted by Crippen LogP contribution is -2.16. The van der Waals surface area contributed by atoms with Gasteiger partial charge in [-0.3, -0.25) is 4.79 Å². The average Bonchev–Trinajstić information content (AvgIpc) is 2.94. The van der Waals surface area contributed by atoms with Gasteiger partial charge in [0.25, 0.3) is 5.91 Å². The maximum absolute atomic E-state index is 13.0. The highest BCUT2D eigenvalue weighted by molar-refractivity contribution is 7.91. The largest absolute Gasteiger partial charge is 0.506 e. The van der Waals surface area contributed by atoms with E-state index in [4.69, 9.17) is 4.74 Å². The first-order valence-electron chi connectivity index (χ1n) is 13.1. The number of anilines is 2. The third-order valence-electron chi connectivity index (χ3n) is 6.75. The Bertz CT molecular complexity index is 1600. The summed E-state index contributed by atoms with van der Waals surface area (Å²) >= 11 is 0. The molecular weight excluding hydrogens is 524 g/mol. The fourth-order valence-electron chi connectivity index (χ4n) is 4.08. The van der Waals surface area contributed by atoms with E-state index in [0.29, 0.717) is 17.2 Å². The van der Waals surface area contributed by atoms with Crippen molar-refractivity contribution in [2.24, 2.45) is 0 Å². The minimum absolute atomic E-state index is 0.129. The van der Waals surface area contributed by atoms with Gasteiger partial charge in [0.2, 0.25) is 0 Å². The van der Waals surface area contributed by atoms with Gasteiger partial charge in [-0.2, -0.15) is 0 Å². The van der Waals surface area contributed by atoms with E-state index in [2.05, 4.69) is 24.5 Å². The summed E-state index contributed by atoms with van der Waals surface area (Å²) in [6.07, 6.45) is 1.01. The highest BCUT2D eigenvalue weighted by Gasteiger charge is 2.19. The van der Waals surface area contributed by atoms with Gasteiger partial charge < -0.3 is 20.5 Å². The zero-order valence-electron chi connectivity index (χ0n) is 23.1. The molecule has 1 atom stereocenters. The molecule has 0 aliphatic carbocycles. The molecule has 40 heavy (non-hydrogen) atoms. The predicted octanol–water partition coefficient (Wildman–Crippen LogP) is 7.41. The Kier molecular flexibility index (Phi) is 8.80. The van der Waals surface area contributed by atoms with Gasteiger partial charge in [-0.05, 0) is 73.7 Å². The SMILES string of the molecule is CCC(C)c1ccc(Oc2cc(NC(=O)c3ccc(C)cc3)c(O)cc2NCS(=O)(=O)c2cccc(C)c2)cc1. The molecule has 0 radical (unpaired) electrons. The molecule has 0 aliphatic rings. The molecule has 1 amide bonds. The summed E-state index contributed by atoms with van der Waals surface area (Å²) in [5, 5.41) is 16.4. The summed E-state index contributed by atoms with van der Waals surface area (Å²) in [6.45, 7) is 8.03. The number of phenolic OH excluding ortho intramolecular Hbond substituents is 1. The molecule has 4 rings (SSSR count). The number of nitrogens with one attached hydrogen (secondary N) is 2. The maximum Gasteiger partial charge on any atom is 0.255 e. The third kappa shape index (κ3) is 7.01. The molecule has 0 spiro atoms. The molecule has 0 aromatic heterocycles. The molecule has 0 saturated carbocycles. The Labute approximate surface area is 235 Å². The minimum Gasteiger partial charge on any atom is -0.506 e. The van der Waals surface area contributed by atoms with Crippen molar-refractivity contribution in [2.75, 3.05) is 16.5 Å². The van der Waals surface area contributed by atoms with Crippen molar-refractivity contribution in [1.29, 1.82) is 0 Å². The standard InChI is InChI=1S/C32H34N2O5S/c1-5-23(4)24-13-15-26(16-14-24)39-31-19-28(34-32(36)25-11-9-21(2)10-12-25)30(35)18-29(31)33-20-40(37,38)27-8-6-7-22(3)17-27/h6-19,23,33,35H,5,20H2,1-4H3,(H,34,36). The maximum atomic E-state index is 13.0.